The predicted molar refractivity (Wildman–Crippen MR) is 81.6 cm³/mol. The Morgan fingerprint density at radius 2 is 1.86 bits per heavy atom. The van der Waals surface area contributed by atoms with E-state index in [0.29, 0.717) is 5.69 Å². The number of hydrogen-bond donors (Lipinski definition) is 3. The second-order valence-electron chi connectivity index (χ2n) is 4.43. The Bertz CT molecular complexity index is 597. The van der Waals surface area contributed by atoms with Crippen molar-refractivity contribution in [2.75, 3.05) is 12.0 Å². The van der Waals surface area contributed by atoms with Crippen LogP contribution in [0, 0.1) is 0 Å². The minimum atomic E-state index is -0.366. The van der Waals surface area contributed by atoms with E-state index in [1.807, 2.05) is 31.2 Å². The molecule has 0 spiro atoms. The average Bonchev–Trinajstić information content (AvgIpc) is 2.50. The molecule has 0 heterocycles. The van der Waals surface area contributed by atoms with Gasteiger partial charge in [0.2, 0.25) is 0 Å². The normalized spacial score (nSPS) is 9.95. The lowest BCUT2D eigenvalue weighted by Crippen LogP contribution is -2.32. The van der Waals surface area contributed by atoms with Crippen molar-refractivity contribution in [2.24, 2.45) is 0 Å². The van der Waals surface area contributed by atoms with Gasteiger partial charge in [0.05, 0.1) is 0 Å². The molecule has 5 heteroatoms. The molecule has 3 N–H and O–H groups in total. The van der Waals surface area contributed by atoms with E-state index < -0.39 is 0 Å². The van der Waals surface area contributed by atoms with Gasteiger partial charge in [0.15, 0.2) is 6.73 Å². The fourth-order valence-electron chi connectivity index (χ4n) is 1.84. The maximum atomic E-state index is 11.7. The fraction of sp³-hybridized carbons (Fsp3) is 0.188. The Morgan fingerprint density at radius 3 is 2.57 bits per heavy atom. The molecule has 0 atom stereocenters. The summed E-state index contributed by atoms with van der Waals surface area (Å²) in [6, 6.07) is 13.6. The first-order valence-corrected chi connectivity index (χ1v) is 6.73. The van der Waals surface area contributed by atoms with Crippen molar-refractivity contribution in [2.45, 2.75) is 13.3 Å². The molecular formula is C16H18N2O3. The van der Waals surface area contributed by atoms with Gasteiger partial charge in [-0.05, 0) is 42.3 Å². The third kappa shape index (κ3) is 4.42. The van der Waals surface area contributed by atoms with Gasteiger partial charge in [-0.2, -0.15) is 0 Å². The molecule has 0 saturated carbocycles. The molecule has 0 aliphatic carbocycles. The van der Waals surface area contributed by atoms with Gasteiger partial charge in [-0.15, -0.1) is 0 Å². The molecule has 0 aromatic heterocycles. The van der Waals surface area contributed by atoms with Crippen LogP contribution in [-0.4, -0.2) is 17.9 Å². The molecule has 0 aliphatic rings. The number of hydrogen-bond acceptors (Lipinski definition) is 3. The maximum absolute atomic E-state index is 11.7. The van der Waals surface area contributed by atoms with E-state index in [2.05, 4.69) is 10.6 Å². The zero-order valence-electron chi connectivity index (χ0n) is 11.8. The highest BCUT2D eigenvalue weighted by atomic mass is 16.5. The largest absolute Gasteiger partial charge is 0.508 e. The highest BCUT2D eigenvalue weighted by molar-refractivity contribution is 5.89. The summed E-state index contributed by atoms with van der Waals surface area (Å²) in [6.07, 6.45) is 0.871. The van der Waals surface area contributed by atoms with Crippen molar-refractivity contribution in [1.82, 2.24) is 5.32 Å². The molecule has 21 heavy (non-hydrogen) atoms. The number of carbonyl (C=O) groups is 1. The van der Waals surface area contributed by atoms with Crippen molar-refractivity contribution >= 4 is 11.7 Å². The Kier molecular flexibility index (Phi) is 5.04. The number of nitrogens with one attached hydrogen (secondary N) is 2. The van der Waals surface area contributed by atoms with Crippen LogP contribution in [0.5, 0.6) is 11.5 Å². The van der Waals surface area contributed by atoms with Crippen LogP contribution in [0.2, 0.25) is 0 Å². The van der Waals surface area contributed by atoms with Crippen molar-refractivity contribution in [3.63, 3.8) is 0 Å². The minimum absolute atomic E-state index is 0.0843. The molecule has 0 aliphatic heterocycles. The van der Waals surface area contributed by atoms with Crippen LogP contribution >= 0.6 is 0 Å². The summed E-state index contributed by atoms with van der Waals surface area (Å²) in [5, 5.41) is 14.4. The predicted octanol–water partition coefficient (Wildman–Crippen LogP) is 3.11. The Balaban J connectivity index is 1.80. The molecule has 0 fully saturated rings. The van der Waals surface area contributed by atoms with Crippen LogP contribution in [0.4, 0.5) is 10.5 Å². The van der Waals surface area contributed by atoms with Crippen LogP contribution in [0.25, 0.3) is 0 Å². The van der Waals surface area contributed by atoms with E-state index in [-0.39, 0.29) is 18.5 Å². The van der Waals surface area contributed by atoms with Crippen LogP contribution < -0.4 is 15.4 Å². The van der Waals surface area contributed by atoms with E-state index >= 15 is 0 Å². The van der Waals surface area contributed by atoms with Crippen LogP contribution in [-0.2, 0) is 6.42 Å². The number of phenols is 1. The first-order valence-electron chi connectivity index (χ1n) is 6.73. The smallest absolute Gasteiger partial charge is 0.321 e. The topological polar surface area (TPSA) is 70.6 Å². The number of ether oxygens (including phenoxy) is 1. The van der Waals surface area contributed by atoms with Crippen LogP contribution in [0.15, 0.2) is 48.5 Å². The van der Waals surface area contributed by atoms with Gasteiger partial charge in [-0.1, -0.05) is 25.1 Å². The standard InChI is InChI=1S/C16H18N2O3/c1-2-12-5-3-4-6-15(12)21-11-17-16(20)18-13-7-9-14(19)10-8-13/h3-10,19H,2,11H2,1H3,(H2,17,18,20). The van der Waals surface area contributed by atoms with E-state index in [1.165, 1.54) is 12.1 Å². The van der Waals surface area contributed by atoms with Gasteiger partial charge >= 0.3 is 6.03 Å². The van der Waals surface area contributed by atoms with Gasteiger partial charge in [0.1, 0.15) is 11.5 Å². The summed E-state index contributed by atoms with van der Waals surface area (Å²) in [5.74, 6) is 0.922. The monoisotopic (exact) mass is 286 g/mol. The SMILES string of the molecule is CCc1ccccc1OCNC(=O)Nc1ccc(O)cc1. The third-order valence-corrected chi connectivity index (χ3v) is 2.94. The zero-order valence-corrected chi connectivity index (χ0v) is 11.8. The summed E-state index contributed by atoms with van der Waals surface area (Å²) in [5.41, 5.74) is 1.69. The quantitative estimate of drug-likeness (QED) is 0.584. The average molecular weight is 286 g/mol. The third-order valence-electron chi connectivity index (χ3n) is 2.94. The number of carbonyl (C=O) groups excluding carboxylic acids is 1. The molecule has 0 unspecified atom stereocenters. The number of aromatic hydroxyl groups is 1. The number of phenolic OH excluding ortho intramolecular Hbond substituents is 1. The minimum Gasteiger partial charge on any atom is -0.508 e. The number of urea groups is 1. The van der Waals surface area contributed by atoms with Crippen molar-refractivity contribution in [3.8, 4) is 11.5 Å². The van der Waals surface area contributed by atoms with Crippen molar-refractivity contribution < 1.29 is 14.6 Å². The van der Waals surface area contributed by atoms with E-state index in [0.717, 1.165) is 17.7 Å². The maximum Gasteiger partial charge on any atom is 0.321 e. The first kappa shape index (κ1) is 14.7. The summed E-state index contributed by atoms with van der Waals surface area (Å²) in [6.45, 7) is 2.13. The lowest BCUT2D eigenvalue weighted by molar-refractivity contribution is 0.234. The Hall–Kier alpha value is -2.69. The van der Waals surface area contributed by atoms with E-state index in [9.17, 15) is 4.79 Å². The lowest BCUT2D eigenvalue weighted by Gasteiger charge is -2.11. The molecule has 2 aromatic carbocycles. The highest BCUT2D eigenvalue weighted by Gasteiger charge is 2.03. The fourth-order valence-corrected chi connectivity index (χ4v) is 1.84. The molecular weight excluding hydrogens is 268 g/mol. The molecule has 2 aromatic rings. The zero-order chi connectivity index (χ0) is 15.1. The highest BCUT2D eigenvalue weighted by Crippen LogP contribution is 2.17. The summed E-state index contributed by atoms with van der Waals surface area (Å²) < 4.78 is 5.54. The van der Waals surface area contributed by atoms with Crippen molar-refractivity contribution in [3.05, 3.63) is 54.1 Å². The number of amides is 2. The molecule has 2 amide bonds. The first-order chi connectivity index (χ1) is 10.2. The molecule has 5 nitrogen and oxygen atoms in total. The molecule has 0 bridgehead atoms. The van der Waals surface area contributed by atoms with Crippen LogP contribution in [0.1, 0.15) is 12.5 Å². The van der Waals surface area contributed by atoms with Gasteiger partial charge in [0, 0.05) is 5.69 Å². The number of para-hydroxylation sites is 1. The van der Waals surface area contributed by atoms with E-state index in [1.54, 1.807) is 12.1 Å². The van der Waals surface area contributed by atoms with Crippen molar-refractivity contribution in [1.29, 1.82) is 0 Å². The van der Waals surface area contributed by atoms with Gasteiger partial charge in [0.25, 0.3) is 0 Å². The Morgan fingerprint density at radius 1 is 1.14 bits per heavy atom. The second-order valence-corrected chi connectivity index (χ2v) is 4.43. The summed E-state index contributed by atoms with van der Waals surface area (Å²) in [7, 11) is 0. The molecule has 0 radical (unpaired) electrons. The molecule has 0 saturated heterocycles. The number of anilines is 1. The molecule has 110 valence electrons. The molecule has 2 rings (SSSR count). The van der Waals surface area contributed by atoms with Gasteiger partial charge < -0.3 is 20.5 Å². The lowest BCUT2D eigenvalue weighted by atomic mass is 10.1. The number of benzene rings is 2. The van der Waals surface area contributed by atoms with Gasteiger partial charge in [-0.3, -0.25) is 0 Å². The summed E-state index contributed by atoms with van der Waals surface area (Å²) >= 11 is 0. The second kappa shape index (κ2) is 7.19. The van der Waals surface area contributed by atoms with Crippen LogP contribution in [0.3, 0.4) is 0 Å². The Labute approximate surface area is 123 Å². The number of aryl methyl sites for hydroxylation is 1. The van der Waals surface area contributed by atoms with E-state index in [4.69, 9.17) is 9.84 Å². The van der Waals surface area contributed by atoms with Gasteiger partial charge in [-0.25, -0.2) is 4.79 Å². The summed E-state index contributed by atoms with van der Waals surface area (Å²) in [4.78, 5) is 11.7. The number of rotatable bonds is 5.